The van der Waals surface area contributed by atoms with E-state index in [4.69, 9.17) is 0 Å². The Kier molecular flexibility index (Phi) is 4.83. The van der Waals surface area contributed by atoms with Gasteiger partial charge in [-0.2, -0.15) is 0 Å². The molecule has 11 heavy (non-hydrogen) atoms. The molecule has 3 heteroatoms. The molecule has 0 aliphatic carbocycles. The van der Waals surface area contributed by atoms with Crippen molar-refractivity contribution >= 4 is 11.8 Å². The maximum Gasteiger partial charge on any atom is 0.388 e. The van der Waals surface area contributed by atoms with Gasteiger partial charge in [0.25, 0.3) is 0 Å². The minimum Gasteiger partial charge on any atom is -0.366 e. The summed E-state index contributed by atoms with van der Waals surface area (Å²) in [4.78, 5) is 20.7. The average Bonchev–Trinajstić information content (AvgIpc) is 1.97. The molecule has 0 saturated carbocycles. The van der Waals surface area contributed by atoms with Crippen LogP contribution < -0.4 is 0 Å². The summed E-state index contributed by atoms with van der Waals surface area (Å²) in [7, 11) is 0. The van der Waals surface area contributed by atoms with Gasteiger partial charge in [0.05, 0.1) is 0 Å². The molecule has 0 radical (unpaired) electrons. The minimum absolute atomic E-state index is 0.629. The third-order valence-electron chi connectivity index (χ3n) is 0.878. The SMILES string of the molecule is CCCC#COC(=O)C(C)=O. The van der Waals surface area contributed by atoms with Crippen molar-refractivity contribution < 1.29 is 14.3 Å². The quantitative estimate of drug-likeness (QED) is 0.337. The fraction of sp³-hybridized carbons (Fsp3) is 0.500. The van der Waals surface area contributed by atoms with E-state index in [2.05, 4.69) is 16.8 Å². The zero-order valence-electron chi connectivity index (χ0n) is 6.64. The van der Waals surface area contributed by atoms with E-state index < -0.39 is 11.8 Å². The molecular formula is C8H10O3. The Labute approximate surface area is 65.7 Å². The second-order valence-electron chi connectivity index (χ2n) is 1.97. The second-order valence-corrected chi connectivity index (χ2v) is 1.97. The van der Waals surface area contributed by atoms with E-state index in [1.54, 1.807) is 0 Å². The van der Waals surface area contributed by atoms with E-state index in [0.29, 0.717) is 6.42 Å². The maximum atomic E-state index is 10.4. The van der Waals surface area contributed by atoms with Crippen molar-refractivity contribution in [2.45, 2.75) is 26.7 Å². The number of ether oxygens (including phenoxy) is 1. The van der Waals surface area contributed by atoms with Crippen LogP contribution in [0.2, 0.25) is 0 Å². The van der Waals surface area contributed by atoms with Crippen LogP contribution in [0.1, 0.15) is 26.7 Å². The van der Waals surface area contributed by atoms with Crippen LogP contribution in [0.15, 0.2) is 0 Å². The van der Waals surface area contributed by atoms with E-state index in [0.717, 1.165) is 13.3 Å². The molecule has 0 aliphatic heterocycles. The maximum absolute atomic E-state index is 10.4. The summed E-state index contributed by atoms with van der Waals surface area (Å²) >= 11 is 0. The van der Waals surface area contributed by atoms with Crippen molar-refractivity contribution in [2.24, 2.45) is 0 Å². The Balaban J connectivity index is 3.64. The normalized spacial score (nSPS) is 7.82. The number of carbonyl (C=O) groups excluding carboxylic acids is 2. The molecule has 0 aromatic heterocycles. The van der Waals surface area contributed by atoms with Crippen molar-refractivity contribution in [2.75, 3.05) is 0 Å². The first kappa shape index (κ1) is 9.70. The lowest BCUT2D eigenvalue weighted by molar-refractivity contribution is -0.147. The Bertz CT molecular complexity index is 207. The number of esters is 1. The molecule has 0 N–H and O–H groups in total. The summed E-state index contributed by atoms with van der Waals surface area (Å²) in [5.74, 6) is 1.05. The molecule has 0 aromatic rings. The summed E-state index contributed by atoms with van der Waals surface area (Å²) in [5.41, 5.74) is 0. The van der Waals surface area contributed by atoms with Gasteiger partial charge in [-0.05, 0) is 6.42 Å². The topological polar surface area (TPSA) is 43.4 Å². The summed E-state index contributed by atoms with van der Waals surface area (Å²) < 4.78 is 4.26. The van der Waals surface area contributed by atoms with E-state index in [1.165, 1.54) is 0 Å². The number of hydrogen-bond acceptors (Lipinski definition) is 3. The monoisotopic (exact) mass is 154 g/mol. The summed E-state index contributed by atoms with van der Waals surface area (Å²) in [6.07, 6.45) is 3.73. The van der Waals surface area contributed by atoms with Crippen LogP contribution in [0.25, 0.3) is 0 Å². The predicted octanol–water partition coefficient (Wildman–Crippen LogP) is 0.880. The lowest BCUT2D eigenvalue weighted by Crippen LogP contribution is -2.10. The molecular weight excluding hydrogens is 144 g/mol. The van der Waals surface area contributed by atoms with Gasteiger partial charge < -0.3 is 4.74 Å². The molecule has 0 spiro atoms. The Morgan fingerprint density at radius 2 is 2.09 bits per heavy atom. The van der Waals surface area contributed by atoms with Crippen LogP contribution in [-0.2, 0) is 14.3 Å². The van der Waals surface area contributed by atoms with Crippen molar-refractivity contribution in [3.05, 3.63) is 0 Å². The zero-order valence-corrected chi connectivity index (χ0v) is 6.64. The molecule has 0 atom stereocenters. The molecule has 0 bridgehead atoms. The third-order valence-corrected chi connectivity index (χ3v) is 0.878. The Morgan fingerprint density at radius 3 is 2.55 bits per heavy atom. The zero-order chi connectivity index (χ0) is 8.69. The van der Waals surface area contributed by atoms with Gasteiger partial charge in [-0.15, -0.1) is 0 Å². The van der Waals surface area contributed by atoms with Gasteiger partial charge in [0.2, 0.25) is 5.78 Å². The molecule has 0 rings (SSSR count). The molecule has 0 aliphatic rings. The highest BCUT2D eigenvalue weighted by molar-refractivity contribution is 6.32. The van der Waals surface area contributed by atoms with Gasteiger partial charge in [0.1, 0.15) is 6.11 Å². The van der Waals surface area contributed by atoms with Crippen LogP contribution in [0.3, 0.4) is 0 Å². The third kappa shape index (κ3) is 5.16. The molecule has 0 amide bonds. The first-order valence-corrected chi connectivity index (χ1v) is 3.38. The van der Waals surface area contributed by atoms with E-state index in [-0.39, 0.29) is 0 Å². The minimum atomic E-state index is -0.895. The summed E-state index contributed by atoms with van der Waals surface area (Å²) in [5, 5.41) is 0. The van der Waals surface area contributed by atoms with Gasteiger partial charge in [0.15, 0.2) is 0 Å². The molecule has 0 unspecified atom stereocenters. The highest BCUT2D eigenvalue weighted by atomic mass is 16.5. The first-order valence-electron chi connectivity index (χ1n) is 3.38. The molecule has 0 fully saturated rings. The molecule has 0 aromatic carbocycles. The highest BCUT2D eigenvalue weighted by Crippen LogP contribution is 1.82. The van der Waals surface area contributed by atoms with Crippen molar-refractivity contribution in [3.8, 4) is 12.0 Å². The number of Topliss-reactive ketones (excluding diaryl/α,β-unsaturated/α-hetero) is 1. The van der Waals surface area contributed by atoms with Crippen molar-refractivity contribution in [1.82, 2.24) is 0 Å². The van der Waals surface area contributed by atoms with Gasteiger partial charge in [-0.25, -0.2) is 4.79 Å². The first-order chi connectivity index (χ1) is 5.18. The fourth-order valence-electron chi connectivity index (χ4n) is 0.330. The Hall–Kier alpha value is -1.30. The number of hydrogen-bond donors (Lipinski definition) is 0. The van der Waals surface area contributed by atoms with Crippen LogP contribution >= 0.6 is 0 Å². The lowest BCUT2D eigenvalue weighted by Gasteiger charge is -1.86. The van der Waals surface area contributed by atoms with Crippen LogP contribution in [-0.4, -0.2) is 11.8 Å². The predicted molar refractivity (Wildman–Crippen MR) is 39.5 cm³/mol. The van der Waals surface area contributed by atoms with Gasteiger partial charge in [-0.1, -0.05) is 12.8 Å². The number of carbonyl (C=O) groups is 2. The second kappa shape index (κ2) is 5.48. The Morgan fingerprint density at radius 1 is 1.45 bits per heavy atom. The fourth-order valence-corrected chi connectivity index (χ4v) is 0.330. The average molecular weight is 154 g/mol. The van der Waals surface area contributed by atoms with Crippen molar-refractivity contribution in [1.29, 1.82) is 0 Å². The summed E-state index contributed by atoms with van der Waals surface area (Å²) in [6.45, 7) is 3.10. The van der Waals surface area contributed by atoms with E-state index in [1.807, 2.05) is 6.92 Å². The lowest BCUT2D eigenvalue weighted by atomic mass is 10.4. The van der Waals surface area contributed by atoms with E-state index in [9.17, 15) is 9.59 Å². The number of ketones is 1. The van der Waals surface area contributed by atoms with Crippen LogP contribution in [0, 0.1) is 12.0 Å². The standard InChI is InChI=1S/C8H10O3/c1-3-4-5-6-11-8(10)7(2)9/h3-4H2,1-2H3. The summed E-state index contributed by atoms with van der Waals surface area (Å²) in [6, 6.07) is 0. The van der Waals surface area contributed by atoms with Crippen LogP contribution in [0.5, 0.6) is 0 Å². The number of rotatable bonds is 2. The van der Waals surface area contributed by atoms with Gasteiger partial charge >= 0.3 is 5.97 Å². The molecule has 0 saturated heterocycles. The van der Waals surface area contributed by atoms with Crippen molar-refractivity contribution in [3.63, 3.8) is 0 Å². The largest absolute Gasteiger partial charge is 0.388 e. The molecule has 60 valence electrons. The van der Waals surface area contributed by atoms with Crippen LogP contribution in [0.4, 0.5) is 0 Å². The van der Waals surface area contributed by atoms with Gasteiger partial charge in [0, 0.05) is 13.3 Å². The molecule has 0 heterocycles. The molecule has 3 nitrogen and oxygen atoms in total. The van der Waals surface area contributed by atoms with Gasteiger partial charge in [-0.3, -0.25) is 4.79 Å². The smallest absolute Gasteiger partial charge is 0.366 e. The van der Waals surface area contributed by atoms with E-state index >= 15 is 0 Å². The highest BCUT2D eigenvalue weighted by Gasteiger charge is 2.06. The number of unbranched alkanes of at least 4 members (excludes halogenated alkanes) is 1.